The number of benzene rings is 1. The monoisotopic (exact) mass is 336 g/mol. The summed E-state index contributed by atoms with van der Waals surface area (Å²) in [4.78, 5) is 28.2. The van der Waals surface area contributed by atoms with Gasteiger partial charge in [-0.3, -0.25) is 9.59 Å². The van der Waals surface area contributed by atoms with Crippen molar-refractivity contribution in [3.8, 4) is 0 Å². The molecular weight excluding hydrogens is 319 g/mol. The van der Waals surface area contributed by atoms with E-state index in [2.05, 4.69) is 4.99 Å². The summed E-state index contributed by atoms with van der Waals surface area (Å²) in [6.45, 7) is 2.43. The second-order valence-electron chi connectivity index (χ2n) is 5.43. The number of ether oxygens (including phenoxy) is 1. The van der Waals surface area contributed by atoms with Crippen molar-refractivity contribution in [1.82, 2.24) is 4.57 Å². The summed E-state index contributed by atoms with van der Waals surface area (Å²) in [5.74, 6) is -0.755. The number of carbonyl (C=O) groups excluding carboxylic acids is 2. The van der Waals surface area contributed by atoms with E-state index in [-0.39, 0.29) is 30.0 Å². The van der Waals surface area contributed by atoms with Crippen LogP contribution in [0.2, 0.25) is 0 Å². The van der Waals surface area contributed by atoms with Gasteiger partial charge >= 0.3 is 5.97 Å². The molecule has 0 radical (unpaired) electrons. The molecule has 0 N–H and O–H groups in total. The van der Waals surface area contributed by atoms with Crippen molar-refractivity contribution in [2.75, 3.05) is 6.61 Å². The third kappa shape index (κ3) is 3.67. The Labute approximate surface area is 136 Å². The lowest BCUT2D eigenvalue weighted by atomic mass is 10.3. The zero-order valence-electron chi connectivity index (χ0n) is 12.8. The summed E-state index contributed by atoms with van der Waals surface area (Å²) in [6, 6.07) is 4.43. The summed E-state index contributed by atoms with van der Waals surface area (Å²) in [7, 11) is 0. The first-order valence-corrected chi connectivity index (χ1v) is 8.43. The standard InChI is InChI=1S/C16H17FN2O3S/c1-2-22-14(20)7-8-19-12-6-5-11(17)9-13(12)23-16(19)18-15(21)10-3-4-10/h5-6,9-10H,2-4,7-8H2,1H3. The van der Waals surface area contributed by atoms with Crippen LogP contribution in [0.5, 0.6) is 0 Å². The molecule has 1 aliphatic carbocycles. The molecule has 1 aliphatic rings. The predicted molar refractivity (Wildman–Crippen MR) is 84.3 cm³/mol. The molecule has 0 unspecified atom stereocenters. The average molecular weight is 336 g/mol. The van der Waals surface area contributed by atoms with Crippen molar-refractivity contribution in [2.45, 2.75) is 32.7 Å². The molecule has 0 atom stereocenters. The lowest BCUT2D eigenvalue weighted by Gasteiger charge is -2.05. The Hall–Kier alpha value is -2.02. The van der Waals surface area contributed by atoms with Crippen molar-refractivity contribution in [2.24, 2.45) is 10.9 Å². The van der Waals surface area contributed by atoms with E-state index in [1.165, 1.54) is 23.5 Å². The number of esters is 1. The van der Waals surface area contributed by atoms with Gasteiger partial charge in [0, 0.05) is 12.5 Å². The van der Waals surface area contributed by atoms with Crippen molar-refractivity contribution >= 4 is 33.4 Å². The van der Waals surface area contributed by atoms with E-state index in [1.807, 2.05) is 0 Å². The Morgan fingerprint density at radius 3 is 2.91 bits per heavy atom. The van der Waals surface area contributed by atoms with Gasteiger partial charge in [0.25, 0.3) is 5.91 Å². The van der Waals surface area contributed by atoms with E-state index < -0.39 is 0 Å². The van der Waals surface area contributed by atoms with Gasteiger partial charge in [-0.2, -0.15) is 4.99 Å². The van der Waals surface area contributed by atoms with Crippen LogP contribution in [0.3, 0.4) is 0 Å². The molecule has 0 spiro atoms. The number of amides is 1. The molecule has 1 amide bonds. The lowest BCUT2D eigenvalue weighted by Crippen LogP contribution is -2.19. The van der Waals surface area contributed by atoms with Crippen LogP contribution >= 0.6 is 11.3 Å². The normalized spacial score (nSPS) is 15.1. The summed E-state index contributed by atoms with van der Waals surface area (Å²) >= 11 is 1.26. The third-order valence-electron chi connectivity index (χ3n) is 3.62. The maximum atomic E-state index is 13.4. The Kier molecular flexibility index (Phi) is 4.56. The van der Waals surface area contributed by atoms with E-state index >= 15 is 0 Å². The van der Waals surface area contributed by atoms with Crippen LogP contribution in [0.1, 0.15) is 26.2 Å². The number of hydrogen-bond donors (Lipinski definition) is 0. The number of aryl methyl sites for hydroxylation is 1. The van der Waals surface area contributed by atoms with E-state index in [0.29, 0.717) is 22.7 Å². The molecule has 1 aromatic carbocycles. The van der Waals surface area contributed by atoms with Crippen molar-refractivity contribution in [1.29, 1.82) is 0 Å². The molecule has 23 heavy (non-hydrogen) atoms. The zero-order valence-corrected chi connectivity index (χ0v) is 13.6. The van der Waals surface area contributed by atoms with Crippen LogP contribution in [0.4, 0.5) is 4.39 Å². The molecule has 1 heterocycles. The van der Waals surface area contributed by atoms with Crippen molar-refractivity contribution in [3.63, 3.8) is 0 Å². The number of aromatic nitrogens is 1. The topological polar surface area (TPSA) is 60.7 Å². The first-order chi connectivity index (χ1) is 11.1. The van der Waals surface area contributed by atoms with Gasteiger partial charge in [0.1, 0.15) is 5.82 Å². The fraction of sp³-hybridized carbons (Fsp3) is 0.438. The summed E-state index contributed by atoms with van der Waals surface area (Å²) in [6.07, 6.45) is 1.94. The molecule has 2 aromatic rings. The van der Waals surface area contributed by atoms with Gasteiger partial charge in [-0.15, -0.1) is 0 Å². The first-order valence-electron chi connectivity index (χ1n) is 7.61. The molecule has 0 bridgehead atoms. The highest BCUT2D eigenvalue weighted by molar-refractivity contribution is 7.16. The van der Waals surface area contributed by atoms with Crippen LogP contribution in [0, 0.1) is 11.7 Å². The van der Waals surface area contributed by atoms with Crippen LogP contribution < -0.4 is 4.80 Å². The maximum Gasteiger partial charge on any atom is 0.307 e. The van der Waals surface area contributed by atoms with Gasteiger partial charge in [0.2, 0.25) is 0 Å². The van der Waals surface area contributed by atoms with Crippen LogP contribution in [-0.2, 0) is 20.9 Å². The number of rotatable bonds is 5. The Balaban J connectivity index is 1.97. The fourth-order valence-corrected chi connectivity index (χ4v) is 3.39. The third-order valence-corrected chi connectivity index (χ3v) is 4.66. The minimum atomic E-state index is -0.337. The van der Waals surface area contributed by atoms with Crippen LogP contribution in [0.25, 0.3) is 10.2 Å². The van der Waals surface area contributed by atoms with Gasteiger partial charge in [-0.1, -0.05) is 11.3 Å². The first kappa shape index (κ1) is 15.9. The van der Waals surface area contributed by atoms with E-state index in [9.17, 15) is 14.0 Å². The highest BCUT2D eigenvalue weighted by atomic mass is 32.1. The number of hydrogen-bond acceptors (Lipinski definition) is 4. The molecule has 7 heteroatoms. The van der Waals surface area contributed by atoms with Crippen LogP contribution in [0.15, 0.2) is 23.2 Å². The number of fused-ring (bicyclic) bond motifs is 1. The van der Waals surface area contributed by atoms with Gasteiger partial charge in [-0.25, -0.2) is 4.39 Å². The van der Waals surface area contributed by atoms with Crippen LogP contribution in [-0.4, -0.2) is 23.1 Å². The molecule has 1 saturated carbocycles. The molecule has 1 fully saturated rings. The minimum Gasteiger partial charge on any atom is -0.466 e. The largest absolute Gasteiger partial charge is 0.466 e. The van der Waals surface area contributed by atoms with E-state index in [1.54, 1.807) is 17.6 Å². The minimum absolute atomic E-state index is 0.0236. The van der Waals surface area contributed by atoms with Gasteiger partial charge in [0.15, 0.2) is 4.80 Å². The SMILES string of the molecule is CCOC(=O)CCn1c(=NC(=O)C2CC2)sc2cc(F)ccc21. The van der Waals surface area contributed by atoms with E-state index in [4.69, 9.17) is 4.74 Å². The average Bonchev–Trinajstić information content (AvgIpc) is 3.29. The number of carbonyl (C=O) groups is 2. The summed E-state index contributed by atoms with van der Waals surface area (Å²) < 4.78 is 20.8. The second-order valence-corrected chi connectivity index (χ2v) is 6.44. The second kappa shape index (κ2) is 6.62. The summed E-state index contributed by atoms with van der Waals surface area (Å²) in [5.41, 5.74) is 0.767. The summed E-state index contributed by atoms with van der Waals surface area (Å²) in [5, 5.41) is 0. The van der Waals surface area contributed by atoms with Gasteiger partial charge in [-0.05, 0) is 38.0 Å². The molecule has 122 valence electrons. The lowest BCUT2D eigenvalue weighted by molar-refractivity contribution is -0.143. The Morgan fingerprint density at radius 2 is 2.22 bits per heavy atom. The van der Waals surface area contributed by atoms with Gasteiger partial charge < -0.3 is 9.30 Å². The molecule has 3 rings (SSSR count). The molecule has 1 aromatic heterocycles. The maximum absolute atomic E-state index is 13.4. The highest BCUT2D eigenvalue weighted by Crippen LogP contribution is 2.30. The fourth-order valence-electron chi connectivity index (χ4n) is 2.30. The zero-order chi connectivity index (χ0) is 16.4. The quantitative estimate of drug-likeness (QED) is 0.789. The Morgan fingerprint density at radius 1 is 1.43 bits per heavy atom. The molecule has 0 aliphatic heterocycles. The molecular formula is C16H17FN2O3S. The highest BCUT2D eigenvalue weighted by Gasteiger charge is 2.29. The van der Waals surface area contributed by atoms with Crippen molar-refractivity contribution in [3.05, 3.63) is 28.8 Å². The predicted octanol–water partition coefficient (Wildman–Crippen LogP) is 2.63. The number of thiazole rings is 1. The molecule has 0 saturated heterocycles. The van der Waals surface area contributed by atoms with Gasteiger partial charge in [0.05, 0.1) is 23.2 Å². The smallest absolute Gasteiger partial charge is 0.307 e. The number of nitrogens with zero attached hydrogens (tertiary/aromatic N) is 2. The van der Waals surface area contributed by atoms with Crippen molar-refractivity contribution < 1.29 is 18.7 Å². The Bertz CT molecular complexity index is 820. The molecule has 5 nitrogen and oxygen atoms in total. The number of halogens is 1. The van der Waals surface area contributed by atoms with E-state index in [0.717, 1.165) is 18.4 Å².